The molecule has 1 fully saturated rings. The fraction of sp³-hybridized carbons (Fsp3) is 0.412. The minimum Gasteiger partial charge on any atom is -0.398 e. The Labute approximate surface area is 129 Å². The summed E-state index contributed by atoms with van der Waals surface area (Å²) in [5.74, 6) is 0.0987. The summed E-state index contributed by atoms with van der Waals surface area (Å²) < 4.78 is 1.96. The summed E-state index contributed by atoms with van der Waals surface area (Å²) in [5, 5.41) is 3.32. The van der Waals surface area contributed by atoms with E-state index >= 15 is 0 Å². The first kappa shape index (κ1) is 14.6. The normalized spacial score (nSPS) is 14.5. The molecule has 1 heterocycles. The lowest BCUT2D eigenvalue weighted by Gasteiger charge is -2.16. The second-order valence-electron chi connectivity index (χ2n) is 6.41. The molecule has 0 saturated heterocycles. The molecule has 0 radical (unpaired) electrons. The highest BCUT2D eigenvalue weighted by Gasteiger charge is 2.26. The predicted molar refractivity (Wildman–Crippen MR) is 87.9 cm³/mol. The minimum atomic E-state index is -0.296. The number of carbonyl (C=O) groups is 1. The number of rotatable bonds is 4. The Balaban J connectivity index is 2.19. The molecule has 3 rings (SSSR count). The summed E-state index contributed by atoms with van der Waals surface area (Å²) >= 11 is 0. The predicted octanol–water partition coefficient (Wildman–Crippen LogP) is 2.13. The number of amides is 1. The van der Waals surface area contributed by atoms with Gasteiger partial charge >= 0.3 is 0 Å². The van der Waals surface area contributed by atoms with E-state index in [2.05, 4.69) is 19.2 Å². The zero-order chi connectivity index (χ0) is 15.9. The third-order valence-corrected chi connectivity index (χ3v) is 3.86. The van der Waals surface area contributed by atoms with Gasteiger partial charge in [-0.05, 0) is 30.9 Å². The van der Waals surface area contributed by atoms with Crippen molar-refractivity contribution in [2.45, 2.75) is 39.3 Å². The average molecular weight is 299 g/mol. The van der Waals surface area contributed by atoms with Crippen molar-refractivity contribution in [3.05, 3.63) is 40.2 Å². The van der Waals surface area contributed by atoms with Gasteiger partial charge in [0.15, 0.2) is 0 Å². The summed E-state index contributed by atoms with van der Waals surface area (Å²) in [7, 11) is 0. The topological polar surface area (TPSA) is 77.1 Å². The number of hydrogen-bond acceptors (Lipinski definition) is 3. The van der Waals surface area contributed by atoms with Crippen LogP contribution in [0.1, 0.15) is 37.0 Å². The first-order valence-electron chi connectivity index (χ1n) is 7.70. The Morgan fingerprint density at radius 1 is 1.41 bits per heavy atom. The van der Waals surface area contributed by atoms with E-state index in [9.17, 15) is 9.59 Å². The van der Waals surface area contributed by atoms with Crippen LogP contribution in [0.15, 0.2) is 29.2 Å². The van der Waals surface area contributed by atoms with Crippen LogP contribution in [0, 0.1) is 5.92 Å². The fourth-order valence-electron chi connectivity index (χ4n) is 2.66. The molecule has 116 valence electrons. The van der Waals surface area contributed by atoms with Crippen molar-refractivity contribution in [3.63, 3.8) is 0 Å². The Morgan fingerprint density at radius 2 is 2.14 bits per heavy atom. The van der Waals surface area contributed by atoms with E-state index in [1.54, 1.807) is 12.3 Å². The number of benzene rings is 1. The molecule has 1 amide bonds. The van der Waals surface area contributed by atoms with Crippen LogP contribution in [0.25, 0.3) is 10.9 Å². The van der Waals surface area contributed by atoms with Gasteiger partial charge < -0.3 is 15.6 Å². The van der Waals surface area contributed by atoms with Gasteiger partial charge in [-0.3, -0.25) is 9.59 Å². The van der Waals surface area contributed by atoms with Crippen LogP contribution in [0.3, 0.4) is 0 Å². The van der Waals surface area contributed by atoms with Crippen molar-refractivity contribution in [3.8, 4) is 0 Å². The van der Waals surface area contributed by atoms with Crippen LogP contribution in [0.5, 0.6) is 0 Å². The molecule has 3 N–H and O–H groups in total. The molecule has 22 heavy (non-hydrogen) atoms. The van der Waals surface area contributed by atoms with Crippen molar-refractivity contribution in [1.29, 1.82) is 0 Å². The van der Waals surface area contributed by atoms with Gasteiger partial charge in [-0.2, -0.15) is 0 Å². The van der Waals surface area contributed by atoms with E-state index in [1.165, 1.54) is 0 Å². The van der Waals surface area contributed by atoms with Crippen LogP contribution in [0.4, 0.5) is 5.69 Å². The van der Waals surface area contributed by atoms with Gasteiger partial charge in [0.25, 0.3) is 5.91 Å². The van der Waals surface area contributed by atoms with Crippen LogP contribution in [-0.4, -0.2) is 16.5 Å². The van der Waals surface area contributed by atoms with Gasteiger partial charge in [0, 0.05) is 24.5 Å². The molecule has 1 saturated carbocycles. The van der Waals surface area contributed by atoms with E-state index in [4.69, 9.17) is 5.73 Å². The van der Waals surface area contributed by atoms with Crippen LogP contribution in [0.2, 0.25) is 0 Å². The molecular formula is C17H21N3O2. The zero-order valence-corrected chi connectivity index (χ0v) is 12.9. The number of nitrogens with two attached hydrogens (primary N) is 1. The van der Waals surface area contributed by atoms with Crippen molar-refractivity contribution in [1.82, 2.24) is 9.88 Å². The minimum absolute atomic E-state index is 0.179. The van der Waals surface area contributed by atoms with Crippen molar-refractivity contribution < 1.29 is 4.79 Å². The average Bonchev–Trinajstić information content (AvgIpc) is 3.25. The summed E-state index contributed by atoms with van der Waals surface area (Å²) in [5.41, 5.74) is 7.08. The molecule has 0 spiro atoms. The Morgan fingerprint density at radius 3 is 2.77 bits per heavy atom. The molecule has 0 atom stereocenters. The third kappa shape index (κ3) is 2.71. The largest absolute Gasteiger partial charge is 0.398 e. The highest BCUT2D eigenvalue weighted by Crippen LogP contribution is 2.21. The summed E-state index contributed by atoms with van der Waals surface area (Å²) in [6, 6.07) is 5.62. The Bertz CT molecular complexity index is 788. The summed E-state index contributed by atoms with van der Waals surface area (Å²) in [6.07, 6.45) is 3.64. The Hall–Kier alpha value is -2.30. The standard InChI is InChI=1S/C17H21N3O2/c1-10(2)8-20-9-12(17(22)19-11-6-7-11)16(21)15-13(18)4-3-5-14(15)20/h3-5,9-11H,6-8,18H2,1-2H3,(H,19,22). The van der Waals surface area contributed by atoms with Gasteiger partial charge in [0.1, 0.15) is 5.56 Å². The molecule has 1 aliphatic rings. The maximum atomic E-state index is 12.7. The van der Waals surface area contributed by atoms with E-state index in [0.717, 1.165) is 24.9 Å². The quantitative estimate of drug-likeness (QED) is 0.849. The summed E-state index contributed by atoms with van der Waals surface area (Å²) in [4.78, 5) is 25.0. The lowest BCUT2D eigenvalue weighted by molar-refractivity contribution is 0.0949. The van der Waals surface area contributed by atoms with Gasteiger partial charge in [-0.25, -0.2) is 0 Å². The van der Waals surface area contributed by atoms with E-state index in [0.29, 0.717) is 17.0 Å². The van der Waals surface area contributed by atoms with Crippen molar-refractivity contribution in [2.75, 3.05) is 5.73 Å². The molecule has 1 aromatic carbocycles. The monoisotopic (exact) mass is 299 g/mol. The number of fused-ring (bicyclic) bond motifs is 1. The molecular weight excluding hydrogens is 278 g/mol. The molecule has 5 heteroatoms. The second-order valence-corrected chi connectivity index (χ2v) is 6.41. The fourth-order valence-corrected chi connectivity index (χ4v) is 2.66. The number of hydrogen-bond donors (Lipinski definition) is 2. The van der Waals surface area contributed by atoms with Crippen molar-refractivity contribution >= 4 is 22.5 Å². The molecule has 1 aromatic heterocycles. The number of aromatic nitrogens is 1. The van der Waals surface area contributed by atoms with Crippen LogP contribution < -0.4 is 16.5 Å². The van der Waals surface area contributed by atoms with Crippen molar-refractivity contribution in [2.24, 2.45) is 5.92 Å². The molecule has 0 bridgehead atoms. The molecule has 5 nitrogen and oxygen atoms in total. The number of nitrogens with zero attached hydrogens (tertiary/aromatic N) is 1. The first-order chi connectivity index (χ1) is 10.5. The van der Waals surface area contributed by atoms with E-state index in [-0.39, 0.29) is 22.9 Å². The zero-order valence-electron chi connectivity index (χ0n) is 12.9. The molecule has 0 aliphatic heterocycles. The number of pyridine rings is 1. The first-order valence-corrected chi connectivity index (χ1v) is 7.70. The van der Waals surface area contributed by atoms with Gasteiger partial charge in [0.2, 0.25) is 5.43 Å². The SMILES string of the molecule is CC(C)Cn1cc(C(=O)NC2CC2)c(=O)c2c(N)cccc21. The number of nitrogen functional groups attached to an aromatic ring is 1. The maximum Gasteiger partial charge on any atom is 0.256 e. The molecule has 1 aliphatic carbocycles. The smallest absolute Gasteiger partial charge is 0.256 e. The second kappa shape index (κ2) is 5.48. The van der Waals surface area contributed by atoms with Crippen LogP contribution >= 0.6 is 0 Å². The number of carbonyl (C=O) groups excluding carboxylic acids is 1. The van der Waals surface area contributed by atoms with E-state index < -0.39 is 0 Å². The Kier molecular flexibility index (Phi) is 3.64. The molecule has 0 unspecified atom stereocenters. The van der Waals surface area contributed by atoms with Gasteiger partial charge in [-0.1, -0.05) is 19.9 Å². The van der Waals surface area contributed by atoms with E-state index in [1.807, 2.05) is 16.7 Å². The molecule has 2 aromatic rings. The highest BCUT2D eigenvalue weighted by atomic mass is 16.2. The van der Waals surface area contributed by atoms with Gasteiger partial charge in [-0.15, -0.1) is 0 Å². The number of anilines is 1. The number of nitrogens with one attached hydrogen (secondary N) is 1. The van der Waals surface area contributed by atoms with Crippen LogP contribution in [-0.2, 0) is 6.54 Å². The highest BCUT2D eigenvalue weighted by molar-refractivity contribution is 6.00. The maximum absolute atomic E-state index is 12.7. The lowest BCUT2D eigenvalue weighted by Crippen LogP contribution is -2.31. The van der Waals surface area contributed by atoms with Gasteiger partial charge in [0.05, 0.1) is 10.9 Å². The lowest BCUT2D eigenvalue weighted by atomic mass is 10.1. The third-order valence-electron chi connectivity index (χ3n) is 3.86. The summed E-state index contributed by atoms with van der Waals surface area (Å²) in [6.45, 7) is 4.92.